The fourth-order valence-electron chi connectivity index (χ4n) is 3.87. The Morgan fingerprint density at radius 1 is 1.24 bits per heavy atom. The molecule has 1 spiro atoms. The van der Waals surface area contributed by atoms with Crippen molar-refractivity contribution in [1.82, 2.24) is 5.32 Å². The van der Waals surface area contributed by atoms with Gasteiger partial charge in [0.1, 0.15) is 12.2 Å². The zero-order valence-corrected chi connectivity index (χ0v) is 12.1. The Bertz CT molecular complexity index is 506. The highest BCUT2D eigenvalue weighted by Crippen LogP contribution is 2.49. The van der Waals surface area contributed by atoms with Crippen molar-refractivity contribution >= 4 is 11.7 Å². The van der Waals surface area contributed by atoms with Crippen LogP contribution in [0.3, 0.4) is 0 Å². The average Bonchev–Trinajstić information content (AvgIpc) is 2.95. The van der Waals surface area contributed by atoms with Crippen molar-refractivity contribution in [3.8, 4) is 0 Å². The van der Waals surface area contributed by atoms with E-state index in [4.69, 9.17) is 18.9 Å². The molecular formula is C14H19NO6. The fraction of sp³-hybridized carbons (Fsp3) is 0.857. The van der Waals surface area contributed by atoms with Gasteiger partial charge in [0.2, 0.25) is 5.91 Å². The molecule has 2 bridgehead atoms. The minimum atomic E-state index is -1.20. The van der Waals surface area contributed by atoms with Crippen molar-refractivity contribution in [2.75, 3.05) is 6.61 Å². The van der Waals surface area contributed by atoms with Crippen molar-refractivity contribution < 1.29 is 28.5 Å². The predicted octanol–water partition coefficient (Wildman–Crippen LogP) is -0.130. The van der Waals surface area contributed by atoms with Crippen LogP contribution in [0.2, 0.25) is 0 Å². The Morgan fingerprint density at radius 2 is 2.05 bits per heavy atom. The van der Waals surface area contributed by atoms with Gasteiger partial charge in [-0.25, -0.2) is 0 Å². The molecule has 4 heterocycles. The quantitative estimate of drug-likeness (QED) is 0.670. The Hall–Kier alpha value is -1.02. The average molecular weight is 297 g/mol. The Morgan fingerprint density at radius 3 is 2.86 bits per heavy atom. The molecule has 0 aromatic rings. The van der Waals surface area contributed by atoms with Gasteiger partial charge in [0.15, 0.2) is 23.5 Å². The smallest absolute Gasteiger partial charge is 0.220 e. The molecule has 116 valence electrons. The number of carbonyl (C=O) groups is 2. The number of rotatable bonds is 0. The van der Waals surface area contributed by atoms with Crippen molar-refractivity contribution in [2.45, 2.75) is 69.0 Å². The standard InChI is InChI=1S/C14H19NO6/c1-13(2)20-11-12-18-6-7(19-12)10-14(11,21-13)8(16)4-3-5-9(17)15-10/h7,10-12H,3-6H2,1-2H3,(H,15,17)/t7-,10+,11+,12+,14-/m0/s1. The Balaban J connectivity index is 1.82. The maximum absolute atomic E-state index is 12.9. The number of hydrogen-bond acceptors (Lipinski definition) is 6. The summed E-state index contributed by atoms with van der Waals surface area (Å²) in [5.74, 6) is -1.04. The molecule has 0 aromatic carbocycles. The number of carbonyl (C=O) groups excluding carboxylic acids is 2. The second-order valence-corrected chi connectivity index (χ2v) is 6.53. The normalized spacial score (nSPS) is 48.1. The first kappa shape index (κ1) is 13.6. The summed E-state index contributed by atoms with van der Waals surface area (Å²) in [4.78, 5) is 24.9. The van der Waals surface area contributed by atoms with E-state index in [1.165, 1.54) is 0 Å². The van der Waals surface area contributed by atoms with Crippen LogP contribution in [0.1, 0.15) is 33.1 Å². The van der Waals surface area contributed by atoms with Crippen LogP contribution < -0.4 is 5.32 Å². The van der Waals surface area contributed by atoms with Crippen LogP contribution in [0.4, 0.5) is 0 Å². The van der Waals surface area contributed by atoms with E-state index in [-0.39, 0.29) is 17.8 Å². The summed E-state index contributed by atoms with van der Waals surface area (Å²) in [6, 6.07) is -0.566. The Kier molecular flexibility index (Phi) is 2.76. The van der Waals surface area contributed by atoms with E-state index in [9.17, 15) is 9.59 Å². The molecule has 0 aromatic heterocycles. The zero-order chi connectivity index (χ0) is 14.8. The summed E-state index contributed by atoms with van der Waals surface area (Å²) < 4.78 is 23.3. The summed E-state index contributed by atoms with van der Waals surface area (Å²) in [6.07, 6.45) is -0.485. The molecular weight excluding hydrogens is 278 g/mol. The molecule has 0 radical (unpaired) electrons. The van der Waals surface area contributed by atoms with Gasteiger partial charge >= 0.3 is 0 Å². The fourth-order valence-corrected chi connectivity index (χ4v) is 3.87. The largest absolute Gasteiger partial charge is 0.347 e. The minimum absolute atomic E-state index is 0.0353. The van der Waals surface area contributed by atoms with E-state index in [1.54, 1.807) is 13.8 Å². The topological polar surface area (TPSA) is 83.1 Å². The lowest BCUT2D eigenvalue weighted by atomic mass is 9.77. The summed E-state index contributed by atoms with van der Waals surface area (Å²) in [7, 11) is 0. The van der Waals surface area contributed by atoms with Gasteiger partial charge in [0.25, 0.3) is 0 Å². The SMILES string of the molecule is CC1(C)O[C@@H]2[C@@H]3OC[C@H](O3)[C@H]3NC(=O)CCCC(=O)[C@]32O1. The molecule has 4 fully saturated rings. The van der Waals surface area contributed by atoms with Gasteiger partial charge in [-0.15, -0.1) is 0 Å². The van der Waals surface area contributed by atoms with Crippen molar-refractivity contribution in [3.63, 3.8) is 0 Å². The van der Waals surface area contributed by atoms with Crippen LogP contribution in [0.5, 0.6) is 0 Å². The highest BCUT2D eigenvalue weighted by molar-refractivity contribution is 5.92. The third kappa shape index (κ3) is 1.81. The molecule has 0 aliphatic carbocycles. The van der Waals surface area contributed by atoms with Crippen LogP contribution in [-0.2, 0) is 28.5 Å². The lowest BCUT2D eigenvalue weighted by Crippen LogP contribution is -2.72. The van der Waals surface area contributed by atoms with Crippen LogP contribution in [0.25, 0.3) is 0 Å². The maximum atomic E-state index is 12.9. The number of ketones is 1. The van der Waals surface area contributed by atoms with E-state index in [0.717, 1.165) is 0 Å². The van der Waals surface area contributed by atoms with Gasteiger partial charge in [-0.2, -0.15) is 0 Å². The molecule has 5 atom stereocenters. The van der Waals surface area contributed by atoms with Crippen LogP contribution in [0.15, 0.2) is 0 Å². The molecule has 1 N–H and O–H groups in total. The molecule has 4 rings (SSSR count). The molecule has 4 aliphatic rings. The monoisotopic (exact) mass is 297 g/mol. The summed E-state index contributed by atoms with van der Waals surface area (Å²) in [6.45, 7) is 3.85. The molecule has 1 amide bonds. The second-order valence-electron chi connectivity index (χ2n) is 6.53. The van der Waals surface area contributed by atoms with Gasteiger partial charge < -0.3 is 24.3 Å². The molecule has 21 heavy (non-hydrogen) atoms. The van der Waals surface area contributed by atoms with Gasteiger partial charge in [-0.1, -0.05) is 0 Å². The predicted molar refractivity (Wildman–Crippen MR) is 68.2 cm³/mol. The van der Waals surface area contributed by atoms with E-state index in [1.807, 2.05) is 0 Å². The summed E-state index contributed by atoms with van der Waals surface area (Å²) in [5.41, 5.74) is -1.20. The lowest BCUT2D eigenvalue weighted by Gasteiger charge is -2.45. The van der Waals surface area contributed by atoms with Crippen LogP contribution >= 0.6 is 0 Å². The maximum Gasteiger partial charge on any atom is 0.220 e. The number of amides is 1. The number of nitrogens with one attached hydrogen (secondary N) is 1. The molecule has 0 saturated carbocycles. The second kappa shape index (κ2) is 4.25. The Labute approximate surface area is 122 Å². The minimum Gasteiger partial charge on any atom is -0.347 e. The first-order valence-corrected chi connectivity index (χ1v) is 7.40. The van der Waals surface area contributed by atoms with Crippen LogP contribution in [0, 0.1) is 0 Å². The molecule has 4 saturated heterocycles. The summed E-state index contributed by atoms with van der Waals surface area (Å²) in [5, 5.41) is 2.91. The van der Waals surface area contributed by atoms with E-state index in [2.05, 4.69) is 5.32 Å². The van der Waals surface area contributed by atoms with E-state index < -0.39 is 29.8 Å². The molecule has 7 heteroatoms. The molecule has 0 unspecified atom stereocenters. The third-order valence-corrected chi connectivity index (χ3v) is 4.62. The summed E-state index contributed by atoms with van der Waals surface area (Å²) >= 11 is 0. The van der Waals surface area contributed by atoms with Gasteiger partial charge in [-0.3, -0.25) is 9.59 Å². The zero-order valence-electron chi connectivity index (χ0n) is 12.1. The molecule has 4 aliphatic heterocycles. The number of ether oxygens (including phenoxy) is 4. The highest BCUT2D eigenvalue weighted by atomic mass is 16.8. The number of fused-ring (bicyclic) bond motifs is 4. The van der Waals surface area contributed by atoms with Crippen molar-refractivity contribution in [1.29, 1.82) is 0 Å². The highest BCUT2D eigenvalue weighted by Gasteiger charge is 2.71. The third-order valence-electron chi connectivity index (χ3n) is 4.62. The van der Waals surface area contributed by atoms with Gasteiger partial charge in [0, 0.05) is 12.8 Å². The van der Waals surface area contributed by atoms with Crippen LogP contribution in [-0.4, -0.2) is 54.2 Å². The van der Waals surface area contributed by atoms with E-state index >= 15 is 0 Å². The van der Waals surface area contributed by atoms with Crippen molar-refractivity contribution in [3.05, 3.63) is 0 Å². The van der Waals surface area contributed by atoms with E-state index in [0.29, 0.717) is 25.9 Å². The number of Topliss-reactive ketones (excluding diaryl/α,β-unsaturated/α-hetero) is 1. The first-order chi connectivity index (χ1) is 9.92. The first-order valence-electron chi connectivity index (χ1n) is 7.40. The van der Waals surface area contributed by atoms with Gasteiger partial charge in [0.05, 0.1) is 12.6 Å². The number of hydrogen-bond donors (Lipinski definition) is 1. The van der Waals surface area contributed by atoms with Gasteiger partial charge in [-0.05, 0) is 20.3 Å². The lowest BCUT2D eigenvalue weighted by molar-refractivity contribution is -0.203. The van der Waals surface area contributed by atoms with Crippen molar-refractivity contribution in [2.24, 2.45) is 0 Å². The molecule has 7 nitrogen and oxygen atoms in total.